The fourth-order valence-electron chi connectivity index (χ4n) is 3.88. The molecule has 0 bridgehead atoms. The molecule has 0 aliphatic carbocycles. The number of nitriles is 1. The van der Waals surface area contributed by atoms with E-state index in [2.05, 4.69) is 26.7 Å². The average Bonchev–Trinajstić information content (AvgIpc) is 3.27. The lowest BCUT2D eigenvalue weighted by Gasteiger charge is -2.28. The molecule has 34 heavy (non-hydrogen) atoms. The quantitative estimate of drug-likeness (QED) is 0.446. The highest BCUT2D eigenvalue weighted by Crippen LogP contribution is 2.37. The summed E-state index contributed by atoms with van der Waals surface area (Å²) in [6.45, 7) is 1.83. The van der Waals surface area contributed by atoms with Gasteiger partial charge in [0.25, 0.3) is 5.91 Å². The number of hydrogen-bond donors (Lipinski definition) is 2. The van der Waals surface area contributed by atoms with Crippen LogP contribution in [0.25, 0.3) is 11.4 Å². The van der Waals surface area contributed by atoms with Crippen LogP contribution in [-0.2, 0) is 4.79 Å². The highest BCUT2D eigenvalue weighted by molar-refractivity contribution is 6.30. The number of allylic oxidation sites excluding steroid dienone is 1. The summed E-state index contributed by atoms with van der Waals surface area (Å²) in [6, 6.07) is 19.4. The van der Waals surface area contributed by atoms with Gasteiger partial charge in [-0.2, -0.15) is 10.2 Å². The topological polar surface area (TPSA) is 109 Å². The van der Waals surface area contributed by atoms with Crippen molar-refractivity contribution in [2.75, 3.05) is 10.6 Å². The third-order valence-electron chi connectivity index (χ3n) is 5.45. The second kappa shape index (κ2) is 8.81. The van der Waals surface area contributed by atoms with Crippen LogP contribution in [0.1, 0.15) is 24.1 Å². The van der Waals surface area contributed by atoms with E-state index in [0.29, 0.717) is 39.3 Å². The minimum Gasteiger partial charge on any atom is -0.328 e. The van der Waals surface area contributed by atoms with Gasteiger partial charge in [0.1, 0.15) is 6.04 Å². The Morgan fingerprint density at radius 1 is 1.18 bits per heavy atom. The fraction of sp³-hybridized carbons (Fsp3) is 0.0800. The number of benzene rings is 2. The van der Waals surface area contributed by atoms with Crippen LogP contribution in [0.5, 0.6) is 0 Å². The van der Waals surface area contributed by atoms with Gasteiger partial charge < -0.3 is 10.6 Å². The van der Waals surface area contributed by atoms with Gasteiger partial charge in [-0.25, -0.2) is 4.68 Å². The summed E-state index contributed by atoms with van der Waals surface area (Å²) >= 11 is 6.17. The predicted octanol–water partition coefficient (Wildman–Crippen LogP) is 4.79. The number of nitrogens with zero attached hydrogens (tertiary/aromatic N) is 5. The number of fused-ring (bicyclic) bond motifs is 1. The molecule has 0 fully saturated rings. The standard InChI is InChI=1S/C25H18ClN7O/c1-15-21(24(34)30-20-6-3-11-28-14-20)22(17-9-7-16(13-27)8-10-17)33-25(29-15)31-23(32-33)18-4-2-5-19(26)12-18/h2-12,14,22H,1H3,(H,30,34)(H,29,31,32). The molecule has 1 aliphatic rings. The maximum atomic E-state index is 13.4. The molecular weight excluding hydrogens is 450 g/mol. The number of carbonyl (C=O) groups is 1. The van der Waals surface area contributed by atoms with E-state index in [-0.39, 0.29) is 5.91 Å². The Labute approximate surface area is 200 Å². The fourth-order valence-corrected chi connectivity index (χ4v) is 4.07. The van der Waals surface area contributed by atoms with Crippen molar-refractivity contribution in [1.29, 1.82) is 5.26 Å². The summed E-state index contributed by atoms with van der Waals surface area (Å²) < 4.78 is 1.68. The van der Waals surface area contributed by atoms with Crippen molar-refractivity contribution in [2.24, 2.45) is 0 Å². The van der Waals surface area contributed by atoms with Crippen molar-refractivity contribution < 1.29 is 4.79 Å². The molecule has 5 rings (SSSR count). The summed E-state index contributed by atoms with van der Waals surface area (Å²) in [6.07, 6.45) is 3.22. The van der Waals surface area contributed by atoms with E-state index in [0.717, 1.165) is 11.1 Å². The number of nitrogens with one attached hydrogen (secondary N) is 2. The first kappa shape index (κ1) is 21.4. The van der Waals surface area contributed by atoms with Crippen LogP contribution in [0.15, 0.2) is 84.3 Å². The first-order valence-electron chi connectivity index (χ1n) is 10.4. The van der Waals surface area contributed by atoms with E-state index in [1.807, 2.05) is 31.2 Å². The summed E-state index contributed by atoms with van der Waals surface area (Å²) in [5.41, 5.74) is 3.78. The molecule has 0 saturated carbocycles. The molecule has 1 unspecified atom stereocenters. The molecule has 1 amide bonds. The molecule has 4 aromatic rings. The second-order valence-electron chi connectivity index (χ2n) is 7.71. The molecule has 2 N–H and O–H groups in total. The van der Waals surface area contributed by atoms with Crippen molar-refractivity contribution in [1.82, 2.24) is 19.7 Å². The van der Waals surface area contributed by atoms with Gasteiger partial charge in [0.05, 0.1) is 29.1 Å². The first-order valence-corrected chi connectivity index (χ1v) is 10.8. The minimum atomic E-state index is -0.568. The van der Waals surface area contributed by atoms with E-state index >= 15 is 0 Å². The van der Waals surface area contributed by atoms with Crippen LogP contribution in [0.3, 0.4) is 0 Å². The van der Waals surface area contributed by atoms with E-state index in [1.165, 1.54) is 0 Å². The maximum absolute atomic E-state index is 13.4. The van der Waals surface area contributed by atoms with Crippen molar-refractivity contribution in [3.05, 3.63) is 100 Å². The maximum Gasteiger partial charge on any atom is 0.255 e. The summed E-state index contributed by atoms with van der Waals surface area (Å²) in [7, 11) is 0. The third kappa shape index (κ3) is 4.00. The Balaban J connectivity index is 1.61. The lowest BCUT2D eigenvalue weighted by atomic mass is 9.94. The van der Waals surface area contributed by atoms with Crippen LogP contribution in [-0.4, -0.2) is 25.7 Å². The molecule has 166 valence electrons. The Morgan fingerprint density at radius 3 is 2.71 bits per heavy atom. The molecule has 8 nitrogen and oxygen atoms in total. The van der Waals surface area contributed by atoms with Gasteiger partial charge in [0, 0.05) is 22.5 Å². The number of amides is 1. The lowest BCUT2D eigenvalue weighted by molar-refractivity contribution is -0.113. The molecule has 2 aromatic heterocycles. The van der Waals surface area contributed by atoms with Crippen molar-refractivity contribution in [2.45, 2.75) is 13.0 Å². The zero-order valence-corrected chi connectivity index (χ0v) is 18.8. The number of rotatable bonds is 4. The molecule has 0 saturated heterocycles. The molecule has 3 heterocycles. The van der Waals surface area contributed by atoms with Crippen LogP contribution in [0, 0.1) is 11.3 Å². The third-order valence-corrected chi connectivity index (χ3v) is 5.69. The molecule has 9 heteroatoms. The highest BCUT2D eigenvalue weighted by atomic mass is 35.5. The zero-order valence-electron chi connectivity index (χ0n) is 18.0. The van der Waals surface area contributed by atoms with Crippen LogP contribution in [0.2, 0.25) is 5.02 Å². The van der Waals surface area contributed by atoms with Crippen LogP contribution < -0.4 is 10.6 Å². The van der Waals surface area contributed by atoms with Crippen molar-refractivity contribution >= 4 is 29.1 Å². The van der Waals surface area contributed by atoms with Crippen LogP contribution in [0.4, 0.5) is 11.6 Å². The molecule has 1 aliphatic heterocycles. The normalized spacial score (nSPS) is 14.7. The first-order chi connectivity index (χ1) is 16.5. The number of pyridine rings is 1. The smallest absolute Gasteiger partial charge is 0.255 e. The summed E-state index contributed by atoms with van der Waals surface area (Å²) in [5, 5.41) is 20.6. The zero-order chi connectivity index (χ0) is 23.7. The monoisotopic (exact) mass is 467 g/mol. The van der Waals surface area contributed by atoms with Gasteiger partial charge in [-0.1, -0.05) is 35.9 Å². The van der Waals surface area contributed by atoms with Gasteiger partial charge in [-0.3, -0.25) is 9.78 Å². The van der Waals surface area contributed by atoms with E-state index in [1.54, 1.807) is 53.5 Å². The van der Waals surface area contributed by atoms with Gasteiger partial charge in [0.15, 0.2) is 5.82 Å². The van der Waals surface area contributed by atoms with Crippen molar-refractivity contribution in [3.8, 4) is 17.5 Å². The number of carbonyl (C=O) groups excluding carboxylic acids is 1. The van der Waals surface area contributed by atoms with Gasteiger partial charge in [-0.15, -0.1) is 5.10 Å². The Bertz CT molecular complexity index is 1450. The molecular formula is C25H18ClN7O. The van der Waals surface area contributed by atoms with Gasteiger partial charge in [0.2, 0.25) is 5.95 Å². The minimum absolute atomic E-state index is 0.294. The molecule has 0 radical (unpaired) electrons. The largest absolute Gasteiger partial charge is 0.328 e. The number of hydrogen-bond acceptors (Lipinski definition) is 6. The molecule has 2 aromatic carbocycles. The van der Waals surface area contributed by atoms with Crippen molar-refractivity contribution in [3.63, 3.8) is 0 Å². The SMILES string of the molecule is CC1=C(C(=O)Nc2cccnc2)C(c2ccc(C#N)cc2)n2nc(-c3cccc(Cl)c3)nc2N1. The Kier molecular flexibility index (Phi) is 5.54. The second-order valence-corrected chi connectivity index (χ2v) is 8.15. The summed E-state index contributed by atoms with van der Waals surface area (Å²) in [5.74, 6) is 0.683. The molecule has 0 spiro atoms. The van der Waals surface area contributed by atoms with Crippen LogP contribution >= 0.6 is 11.6 Å². The van der Waals surface area contributed by atoms with E-state index < -0.39 is 6.04 Å². The number of anilines is 2. The Hall–Kier alpha value is -4.48. The van der Waals surface area contributed by atoms with Gasteiger partial charge >= 0.3 is 0 Å². The van der Waals surface area contributed by atoms with E-state index in [4.69, 9.17) is 16.7 Å². The summed E-state index contributed by atoms with van der Waals surface area (Å²) in [4.78, 5) is 22.2. The predicted molar refractivity (Wildman–Crippen MR) is 129 cm³/mol. The average molecular weight is 468 g/mol. The molecule has 1 atom stereocenters. The van der Waals surface area contributed by atoms with Gasteiger partial charge in [-0.05, 0) is 48.9 Å². The number of halogens is 1. The Morgan fingerprint density at radius 2 is 2.00 bits per heavy atom. The lowest BCUT2D eigenvalue weighted by Crippen LogP contribution is -2.31. The highest BCUT2D eigenvalue weighted by Gasteiger charge is 2.34. The van der Waals surface area contributed by atoms with E-state index in [9.17, 15) is 10.1 Å². The number of aromatic nitrogens is 4.